The summed E-state index contributed by atoms with van der Waals surface area (Å²) in [5, 5.41) is 8.09. The number of hydrogen-bond donors (Lipinski definition) is 2. The molecule has 2 heterocycles. The Morgan fingerprint density at radius 1 is 0.971 bits per heavy atom. The van der Waals surface area contributed by atoms with Gasteiger partial charge in [-0.1, -0.05) is 48.0 Å². The summed E-state index contributed by atoms with van der Waals surface area (Å²) in [7, 11) is 2.00. The van der Waals surface area contributed by atoms with Gasteiger partial charge in [-0.2, -0.15) is 0 Å². The number of rotatable bonds is 6. The molecular formula is C28H23ClN4O. The van der Waals surface area contributed by atoms with Gasteiger partial charge in [0.1, 0.15) is 0 Å². The number of amides is 1. The van der Waals surface area contributed by atoms with Crippen LogP contribution in [0.4, 0.5) is 11.4 Å². The van der Waals surface area contributed by atoms with Crippen molar-refractivity contribution in [3.8, 4) is 11.3 Å². The fraction of sp³-hybridized carbons (Fsp3) is 0.0714. The number of anilines is 2. The zero-order chi connectivity index (χ0) is 23.5. The predicted octanol–water partition coefficient (Wildman–Crippen LogP) is 6.76. The smallest absolute Gasteiger partial charge is 0.257 e. The first kappa shape index (κ1) is 21.7. The molecule has 5 nitrogen and oxygen atoms in total. The van der Waals surface area contributed by atoms with E-state index >= 15 is 0 Å². The molecule has 6 heteroatoms. The van der Waals surface area contributed by atoms with Crippen molar-refractivity contribution in [2.75, 3.05) is 10.6 Å². The third kappa shape index (κ3) is 4.51. The summed E-state index contributed by atoms with van der Waals surface area (Å²) in [6.07, 6.45) is 3.71. The minimum atomic E-state index is -0.190. The van der Waals surface area contributed by atoms with E-state index in [0.29, 0.717) is 28.5 Å². The summed E-state index contributed by atoms with van der Waals surface area (Å²) < 4.78 is 2.05. The third-order valence-corrected chi connectivity index (χ3v) is 6.07. The first-order valence-electron chi connectivity index (χ1n) is 11.0. The standard InChI is InChI=1S/C28H23ClN4O/c1-33-15-13-20-16-22(10-12-26(20)33)32-28(34)23-11-9-21(27-24(29)8-5-14-30-27)17-25(23)31-18-19-6-3-2-4-7-19/h2-17,31H,18H2,1H3,(H,32,34). The van der Waals surface area contributed by atoms with Crippen LogP contribution in [-0.4, -0.2) is 15.5 Å². The quantitative estimate of drug-likeness (QED) is 0.290. The number of carbonyl (C=O) groups excluding carboxylic acids is 1. The van der Waals surface area contributed by atoms with Gasteiger partial charge in [-0.05, 0) is 54.1 Å². The maximum atomic E-state index is 13.3. The molecule has 0 spiro atoms. The molecule has 0 aliphatic rings. The number of hydrogen-bond acceptors (Lipinski definition) is 3. The monoisotopic (exact) mass is 466 g/mol. The number of aryl methyl sites for hydroxylation is 1. The molecule has 0 saturated carbocycles. The highest BCUT2D eigenvalue weighted by Crippen LogP contribution is 2.30. The van der Waals surface area contributed by atoms with Crippen LogP contribution in [0, 0.1) is 0 Å². The number of carbonyl (C=O) groups is 1. The average Bonchev–Trinajstić information content (AvgIpc) is 3.23. The van der Waals surface area contributed by atoms with Crippen molar-refractivity contribution in [3.63, 3.8) is 0 Å². The van der Waals surface area contributed by atoms with Crippen molar-refractivity contribution < 1.29 is 4.79 Å². The molecular weight excluding hydrogens is 444 g/mol. The summed E-state index contributed by atoms with van der Waals surface area (Å²) in [5.74, 6) is -0.190. The Hall–Kier alpha value is -4.09. The van der Waals surface area contributed by atoms with Crippen molar-refractivity contribution in [1.82, 2.24) is 9.55 Å². The van der Waals surface area contributed by atoms with Crippen LogP contribution in [0.25, 0.3) is 22.2 Å². The molecule has 0 aliphatic heterocycles. The van der Waals surface area contributed by atoms with E-state index < -0.39 is 0 Å². The molecule has 2 aromatic heterocycles. The number of pyridine rings is 1. The molecule has 0 aliphatic carbocycles. The van der Waals surface area contributed by atoms with Gasteiger partial charge >= 0.3 is 0 Å². The number of fused-ring (bicyclic) bond motifs is 1. The van der Waals surface area contributed by atoms with Crippen molar-refractivity contribution in [3.05, 3.63) is 113 Å². The summed E-state index contributed by atoms with van der Waals surface area (Å²) in [4.78, 5) is 17.7. The Morgan fingerprint density at radius 2 is 1.82 bits per heavy atom. The Morgan fingerprint density at radius 3 is 2.65 bits per heavy atom. The Labute approximate surface area is 203 Å². The summed E-state index contributed by atoms with van der Waals surface area (Å²) in [5.41, 5.74) is 5.73. The van der Waals surface area contributed by atoms with Gasteiger partial charge in [-0.15, -0.1) is 0 Å². The fourth-order valence-corrected chi connectivity index (χ4v) is 4.22. The second-order valence-corrected chi connectivity index (χ2v) is 8.49. The highest BCUT2D eigenvalue weighted by atomic mass is 35.5. The topological polar surface area (TPSA) is 59.0 Å². The third-order valence-electron chi connectivity index (χ3n) is 5.76. The van der Waals surface area contributed by atoms with E-state index in [1.807, 2.05) is 90.6 Å². The largest absolute Gasteiger partial charge is 0.380 e. The first-order valence-corrected chi connectivity index (χ1v) is 11.4. The molecule has 1 amide bonds. The molecule has 0 radical (unpaired) electrons. The molecule has 0 bridgehead atoms. The van der Waals surface area contributed by atoms with Crippen LogP contribution in [0.15, 0.2) is 97.3 Å². The van der Waals surface area contributed by atoms with Crippen LogP contribution in [0.5, 0.6) is 0 Å². The predicted molar refractivity (Wildman–Crippen MR) is 139 cm³/mol. The van der Waals surface area contributed by atoms with E-state index in [2.05, 4.69) is 15.6 Å². The lowest BCUT2D eigenvalue weighted by Crippen LogP contribution is -2.15. The van der Waals surface area contributed by atoms with Crippen molar-refractivity contribution in [2.24, 2.45) is 7.05 Å². The minimum absolute atomic E-state index is 0.190. The van der Waals surface area contributed by atoms with Crippen molar-refractivity contribution in [2.45, 2.75) is 6.54 Å². The molecule has 0 atom stereocenters. The van der Waals surface area contributed by atoms with Gasteiger partial charge in [0.05, 0.1) is 16.3 Å². The van der Waals surface area contributed by atoms with Gasteiger partial charge < -0.3 is 15.2 Å². The zero-order valence-corrected chi connectivity index (χ0v) is 19.4. The minimum Gasteiger partial charge on any atom is -0.380 e. The van der Waals surface area contributed by atoms with Crippen LogP contribution in [-0.2, 0) is 13.6 Å². The molecule has 0 fully saturated rings. The van der Waals surface area contributed by atoms with Crippen molar-refractivity contribution in [1.29, 1.82) is 0 Å². The SMILES string of the molecule is Cn1ccc2cc(NC(=O)c3ccc(-c4ncccc4Cl)cc3NCc3ccccc3)ccc21. The maximum absolute atomic E-state index is 13.3. The Bertz CT molecular complexity index is 1480. The molecule has 0 saturated heterocycles. The molecule has 0 unspecified atom stereocenters. The molecule has 34 heavy (non-hydrogen) atoms. The van der Waals surface area contributed by atoms with Gasteiger partial charge in [0.15, 0.2) is 0 Å². The summed E-state index contributed by atoms with van der Waals surface area (Å²) in [6.45, 7) is 0.580. The highest BCUT2D eigenvalue weighted by Gasteiger charge is 2.15. The van der Waals surface area contributed by atoms with Gasteiger partial charge in [0, 0.05) is 53.8 Å². The average molecular weight is 467 g/mol. The van der Waals surface area contributed by atoms with E-state index in [4.69, 9.17) is 11.6 Å². The Kier molecular flexibility index (Phi) is 6.02. The van der Waals surface area contributed by atoms with E-state index in [9.17, 15) is 4.79 Å². The second-order valence-electron chi connectivity index (χ2n) is 8.09. The van der Waals surface area contributed by atoms with Crippen LogP contribution in [0.1, 0.15) is 15.9 Å². The summed E-state index contributed by atoms with van der Waals surface area (Å²) in [6, 6.07) is 27.2. The van der Waals surface area contributed by atoms with Gasteiger partial charge in [0.2, 0.25) is 0 Å². The van der Waals surface area contributed by atoms with Crippen LogP contribution in [0.2, 0.25) is 5.02 Å². The molecule has 168 valence electrons. The lowest BCUT2D eigenvalue weighted by Gasteiger charge is -2.15. The molecule has 5 rings (SSSR count). The van der Waals surface area contributed by atoms with E-state index in [1.54, 1.807) is 18.3 Å². The fourth-order valence-electron chi connectivity index (χ4n) is 3.98. The lowest BCUT2D eigenvalue weighted by atomic mass is 10.0. The molecule has 3 aromatic carbocycles. The van der Waals surface area contributed by atoms with E-state index in [-0.39, 0.29) is 5.91 Å². The number of benzene rings is 3. The van der Waals surface area contributed by atoms with Crippen LogP contribution in [0.3, 0.4) is 0 Å². The lowest BCUT2D eigenvalue weighted by molar-refractivity contribution is 0.102. The highest BCUT2D eigenvalue weighted by molar-refractivity contribution is 6.33. The van der Waals surface area contributed by atoms with Crippen LogP contribution < -0.4 is 10.6 Å². The van der Waals surface area contributed by atoms with Crippen molar-refractivity contribution >= 4 is 39.8 Å². The first-order chi connectivity index (χ1) is 16.6. The van der Waals surface area contributed by atoms with E-state index in [1.165, 1.54) is 0 Å². The number of nitrogens with one attached hydrogen (secondary N) is 2. The second kappa shape index (κ2) is 9.41. The van der Waals surface area contributed by atoms with Gasteiger partial charge in [-0.3, -0.25) is 9.78 Å². The number of nitrogens with zero attached hydrogens (tertiary/aromatic N) is 2. The molecule has 5 aromatic rings. The zero-order valence-electron chi connectivity index (χ0n) is 18.6. The van der Waals surface area contributed by atoms with E-state index in [0.717, 1.165) is 27.7 Å². The number of halogens is 1. The van der Waals surface area contributed by atoms with Gasteiger partial charge in [0.25, 0.3) is 5.91 Å². The van der Waals surface area contributed by atoms with Crippen LogP contribution >= 0.6 is 11.6 Å². The van der Waals surface area contributed by atoms with Gasteiger partial charge in [-0.25, -0.2) is 0 Å². The maximum Gasteiger partial charge on any atom is 0.257 e. The molecule has 2 N–H and O–H groups in total. The summed E-state index contributed by atoms with van der Waals surface area (Å²) >= 11 is 6.38. The number of aromatic nitrogens is 2. The normalized spacial score (nSPS) is 10.9. The Balaban J connectivity index is 1.47.